The van der Waals surface area contributed by atoms with Crippen LogP contribution >= 0.6 is 15.9 Å². The first-order chi connectivity index (χ1) is 7.54. The van der Waals surface area contributed by atoms with Crippen LogP contribution in [0.2, 0.25) is 0 Å². The average Bonchev–Trinajstić information content (AvgIpc) is 2.24. The van der Waals surface area contributed by atoms with E-state index in [4.69, 9.17) is 5.11 Å². The maximum Gasteiger partial charge on any atom is 0.217 e. The highest BCUT2D eigenvalue weighted by atomic mass is 79.9. The van der Waals surface area contributed by atoms with E-state index in [0.29, 0.717) is 10.3 Å². The molecule has 0 aromatic carbocycles. The Labute approximate surface area is 102 Å². The summed E-state index contributed by atoms with van der Waals surface area (Å²) in [5, 5.41) is 21.4. The number of carbonyl (C=O) groups is 1. The summed E-state index contributed by atoms with van der Waals surface area (Å²) in [6.07, 6.45) is -1.04. The summed E-state index contributed by atoms with van der Waals surface area (Å²) in [5.74, 6) is -0.312. The molecule has 0 bridgehead atoms. The van der Waals surface area contributed by atoms with E-state index in [-0.39, 0.29) is 12.5 Å². The molecule has 0 aliphatic heterocycles. The van der Waals surface area contributed by atoms with E-state index in [1.165, 1.54) is 6.92 Å². The van der Waals surface area contributed by atoms with Crippen LogP contribution in [0.15, 0.2) is 22.8 Å². The number of halogens is 1. The van der Waals surface area contributed by atoms with Crippen LogP contribution in [-0.2, 0) is 4.79 Å². The van der Waals surface area contributed by atoms with Crippen molar-refractivity contribution >= 4 is 21.8 Å². The summed E-state index contributed by atoms with van der Waals surface area (Å²) in [4.78, 5) is 14.9. The average molecular weight is 289 g/mol. The predicted molar refractivity (Wildman–Crippen MR) is 61.6 cm³/mol. The number of aliphatic hydroxyl groups excluding tert-OH is 2. The molecule has 0 aliphatic rings. The summed E-state index contributed by atoms with van der Waals surface area (Å²) in [7, 11) is 0. The summed E-state index contributed by atoms with van der Waals surface area (Å²) in [6, 6.07) is 4.32. The monoisotopic (exact) mass is 288 g/mol. The molecule has 1 aromatic rings. The van der Waals surface area contributed by atoms with Crippen LogP contribution in [0.1, 0.15) is 18.7 Å². The normalized spacial score (nSPS) is 14.2. The number of rotatable bonds is 4. The minimum absolute atomic E-state index is 0.312. The van der Waals surface area contributed by atoms with Crippen molar-refractivity contribution in [1.29, 1.82) is 0 Å². The van der Waals surface area contributed by atoms with Gasteiger partial charge in [-0.1, -0.05) is 6.07 Å². The van der Waals surface area contributed by atoms with Crippen LogP contribution in [0.25, 0.3) is 0 Å². The summed E-state index contributed by atoms with van der Waals surface area (Å²) < 4.78 is 0.587. The molecule has 0 aliphatic carbocycles. The Morgan fingerprint density at radius 1 is 1.62 bits per heavy atom. The third-order valence-corrected chi connectivity index (χ3v) is 2.45. The van der Waals surface area contributed by atoms with Crippen molar-refractivity contribution < 1.29 is 15.0 Å². The number of nitrogens with zero attached hydrogens (tertiary/aromatic N) is 1. The van der Waals surface area contributed by atoms with Crippen molar-refractivity contribution in [2.24, 2.45) is 0 Å². The topological polar surface area (TPSA) is 82.5 Å². The summed E-state index contributed by atoms with van der Waals surface area (Å²) in [5.41, 5.74) is 0.391. The van der Waals surface area contributed by atoms with Crippen LogP contribution < -0.4 is 5.32 Å². The SMILES string of the molecule is CC(=O)NC(CO)C(O)c1cccc(Br)n1. The highest BCUT2D eigenvalue weighted by Crippen LogP contribution is 2.16. The maximum atomic E-state index is 10.9. The van der Waals surface area contributed by atoms with E-state index in [9.17, 15) is 9.90 Å². The lowest BCUT2D eigenvalue weighted by atomic mass is 10.1. The molecule has 1 aromatic heterocycles. The zero-order valence-electron chi connectivity index (χ0n) is 8.72. The van der Waals surface area contributed by atoms with Gasteiger partial charge >= 0.3 is 0 Å². The molecule has 0 fully saturated rings. The van der Waals surface area contributed by atoms with Crippen molar-refractivity contribution in [3.8, 4) is 0 Å². The van der Waals surface area contributed by atoms with Gasteiger partial charge in [-0.3, -0.25) is 4.79 Å². The smallest absolute Gasteiger partial charge is 0.217 e. The lowest BCUT2D eigenvalue weighted by Crippen LogP contribution is -2.41. The van der Waals surface area contributed by atoms with Crippen LogP contribution in [0.5, 0.6) is 0 Å². The number of pyridine rings is 1. The molecule has 2 atom stereocenters. The molecule has 0 saturated heterocycles. The van der Waals surface area contributed by atoms with E-state index in [1.807, 2.05) is 0 Å². The number of amides is 1. The van der Waals surface area contributed by atoms with Crippen molar-refractivity contribution in [1.82, 2.24) is 10.3 Å². The molecule has 1 rings (SSSR count). The second kappa shape index (κ2) is 5.93. The zero-order chi connectivity index (χ0) is 12.1. The van der Waals surface area contributed by atoms with Gasteiger partial charge in [-0.15, -0.1) is 0 Å². The number of nitrogens with one attached hydrogen (secondary N) is 1. The van der Waals surface area contributed by atoms with Gasteiger partial charge in [0.05, 0.1) is 18.3 Å². The molecule has 3 N–H and O–H groups in total. The summed E-state index contributed by atoms with van der Waals surface area (Å²) >= 11 is 3.18. The Bertz CT molecular complexity index is 373. The number of aliphatic hydroxyl groups is 2. The van der Waals surface area contributed by atoms with E-state index < -0.39 is 12.1 Å². The Balaban J connectivity index is 2.82. The zero-order valence-corrected chi connectivity index (χ0v) is 10.3. The molecule has 1 amide bonds. The molecular weight excluding hydrogens is 276 g/mol. The summed E-state index contributed by atoms with van der Waals surface area (Å²) in [6.45, 7) is 0.971. The number of hydrogen-bond donors (Lipinski definition) is 3. The predicted octanol–water partition coefficient (Wildman–Crippen LogP) is 0.374. The fourth-order valence-electron chi connectivity index (χ4n) is 1.28. The Kier molecular flexibility index (Phi) is 4.85. The van der Waals surface area contributed by atoms with Crippen LogP contribution in [0.3, 0.4) is 0 Å². The lowest BCUT2D eigenvalue weighted by Gasteiger charge is -2.21. The maximum absolute atomic E-state index is 10.9. The van der Waals surface area contributed by atoms with E-state index in [2.05, 4.69) is 26.2 Å². The van der Waals surface area contributed by atoms with Gasteiger partial charge in [0, 0.05) is 6.92 Å². The molecule has 88 valence electrons. The van der Waals surface area contributed by atoms with Gasteiger partial charge in [0.25, 0.3) is 0 Å². The minimum atomic E-state index is -1.04. The van der Waals surface area contributed by atoms with Gasteiger partial charge in [-0.25, -0.2) is 4.98 Å². The standard InChI is InChI=1S/C10H13BrN2O3/c1-6(15)12-8(5-14)10(16)7-3-2-4-9(11)13-7/h2-4,8,10,14,16H,5H2,1H3,(H,12,15). The molecule has 5 nitrogen and oxygen atoms in total. The van der Waals surface area contributed by atoms with E-state index in [0.717, 1.165) is 0 Å². The van der Waals surface area contributed by atoms with E-state index in [1.54, 1.807) is 18.2 Å². The third-order valence-electron chi connectivity index (χ3n) is 2.01. The highest BCUT2D eigenvalue weighted by molar-refractivity contribution is 9.10. The fourth-order valence-corrected chi connectivity index (χ4v) is 1.64. The first-order valence-corrected chi connectivity index (χ1v) is 5.52. The lowest BCUT2D eigenvalue weighted by molar-refractivity contribution is -0.121. The second-order valence-electron chi connectivity index (χ2n) is 3.32. The molecule has 0 spiro atoms. The van der Waals surface area contributed by atoms with Gasteiger partial charge in [-0.05, 0) is 28.1 Å². The van der Waals surface area contributed by atoms with E-state index >= 15 is 0 Å². The van der Waals surface area contributed by atoms with Crippen molar-refractivity contribution in [2.75, 3.05) is 6.61 Å². The Morgan fingerprint density at radius 3 is 2.81 bits per heavy atom. The van der Waals surface area contributed by atoms with Gasteiger partial charge in [0.1, 0.15) is 10.7 Å². The second-order valence-corrected chi connectivity index (χ2v) is 4.13. The molecule has 16 heavy (non-hydrogen) atoms. The Morgan fingerprint density at radius 2 is 2.31 bits per heavy atom. The highest BCUT2D eigenvalue weighted by Gasteiger charge is 2.22. The molecular formula is C10H13BrN2O3. The fraction of sp³-hybridized carbons (Fsp3) is 0.400. The number of aromatic nitrogens is 1. The molecule has 6 heteroatoms. The van der Waals surface area contributed by atoms with Gasteiger partial charge in [-0.2, -0.15) is 0 Å². The van der Waals surface area contributed by atoms with Gasteiger partial charge < -0.3 is 15.5 Å². The number of carbonyl (C=O) groups excluding carboxylic acids is 1. The van der Waals surface area contributed by atoms with Crippen molar-refractivity contribution in [2.45, 2.75) is 19.1 Å². The quantitative estimate of drug-likeness (QED) is 0.700. The third kappa shape index (κ3) is 3.55. The molecule has 2 unspecified atom stereocenters. The molecule has 0 radical (unpaired) electrons. The van der Waals surface area contributed by atoms with Gasteiger partial charge in [0.2, 0.25) is 5.91 Å². The first-order valence-electron chi connectivity index (χ1n) is 4.73. The first kappa shape index (κ1) is 13.1. The number of hydrogen-bond acceptors (Lipinski definition) is 4. The Hall–Kier alpha value is -0.980. The van der Waals surface area contributed by atoms with Crippen molar-refractivity contribution in [3.63, 3.8) is 0 Å². The van der Waals surface area contributed by atoms with Gasteiger partial charge in [0.15, 0.2) is 0 Å². The minimum Gasteiger partial charge on any atom is -0.394 e. The molecule has 1 heterocycles. The largest absolute Gasteiger partial charge is 0.394 e. The van der Waals surface area contributed by atoms with Crippen LogP contribution in [0, 0.1) is 0 Å². The van der Waals surface area contributed by atoms with Crippen molar-refractivity contribution in [3.05, 3.63) is 28.5 Å². The molecule has 0 saturated carbocycles. The van der Waals surface area contributed by atoms with Crippen LogP contribution in [0.4, 0.5) is 0 Å². The van der Waals surface area contributed by atoms with Crippen LogP contribution in [-0.4, -0.2) is 33.8 Å².